The van der Waals surface area contributed by atoms with Crippen LogP contribution < -0.4 is 10.2 Å². The van der Waals surface area contributed by atoms with E-state index in [4.69, 9.17) is 0 Å². The molecule has 0 spiro atoms. The summed E-state index contributed by atoms with van der Waals surface area (Å²) in [7, 11) is 7.86. The van der Waals surface area contributed by atoms with E-state index in [0.717, 1.165) is 13.1 Å². The van der Waals surface area contributed by atoms with Crippen LogP contribution in [-0.4, -0.2) is 39.0 Å². The van der Waals surface area contributed by atoms with Crippen LogP contribution in [0.25, 0.3) is 0 Å². The molecule has 0 atom stereocenters. The second kappa shape index (κ2) is 7.79. The maximum Gasteiger partial charge on any atom is 0.251 e. The van der Waals surface area contributed by atoms with Gasteiger partial charge in [0, 0.05) is 45.5 Å². The molecule has 2 aromatic rings. The Labute approximate surface area is 138 Å². The molecule has 0 aliphatic rings. The number of carbonyl (C=O) groups excluding carboxylic acids is 1. The Hall–Kier alpha value is -2.33. The smallest absolute Gasteiger partial charge is 0.251 e. The highest BCUT2D eigenvalue weighted by molar-refractivity contribution is 5.93. The molecule has 0 unspecified atom stereocenters. The zero-order valence-corrected chi connectivity index (χ0v) is 14.3. The van der Waals surface area contributed by atoms with Gasteiger partial charge in [0.05, 0.1) is 0 Å². The first-order valence-corrected chi connectivity index (χ1v) is 7.75. The van der Waals surface area contributed by atoms with Crippen molar-refractivity contribution in [1.29, 1.82) is 0 Å². The molecular formula is C19H25N3O. The summed E-state index contributed by atoms with van der Waals surface area (Å²) in [5, 5.41) is 2.64. The maximum atomic E-state index is 11.5. The summed E-state index contributed by atoms with van der Waals surface area (Å²) < 4.78 is 0. The lowest BCUT2D eigenvalue weighted by molar-refractivity contribution is 0.0963. The number of benzene rings is 2. The van der Waals surface area contributed by atoms with Crippen LogP contribution in [0.4, 0.5) is 5.69 Å². The number of hydrogen-bond acceptors (Lipinski definition) is 3. The Morgan fingerprint density at radius 2 is 1.61 bits per heavy atom. The van der Waals surface area contributed by atoms with Crippen LogP contribution >= 0.6 is 0 Å². The van der Waals surface area contributed by atoms with E-state index in [0.29, 0.717) is 5.56 Å². The van der Waals surface area contributed by atoms with E-state index < -0.39 is 0 Å². The maximum absolute atomic E-state index is 11.5. The number of anilines is 1. The molecule has 0 radical (unpaired) electrons. The number of hydrogen-bond donors (Lipinski definition) is 1. The van der Waals surface area contributed by atoms with Crippen molar-refractivity contribution in [2.45, 2.75) is 13.1 Å². The van der Waals surface area contributed by atoms with E-state index in [1.54, 1.807) is 7.05 Å². The number of rotatable bonds is 6. The highest BCUT2D eigenvalue weighted by Gasteiger charge is 2.06. The molecule has 0 bridgehead atoms. The van der Waals surface area contributed by atoms with Crippen molar-refractivity contribution in [3.05, 3.63) is 65.2 Å². The van der Waals surface area contributed by atoms with Crippen LogP contribution in [-0.2, 0) is 13.1 Å². The Bertz CT molecular complexity index is 650. The van der Waals surface area contributed by atoms with Crippen molar-refractivity contribution >= 4 is 11.6 Å². The van der Waals surface area contributed by atoms with Crippen molar-refractivity contribution in [3.8, 4) is 0 Å². The number of nitrogens with zero attached hydrogens (tertiary/aromatic N) is 2. The van der Waals surface area contributed by atoms with Crippen molar-refractivity contribution in [2.75, 3.05) is 33.1 Å². The highest BCUT2D eigenvalue weighted by Crippen LogP contribution is 2.15. The van der Waals surface area contributed by atoms with E-state index >= 15 is 0 Å². The average Bonchev–Trinajstić information content (AvgIpc) is 2.55. The van der Waals surface area contributed by atoms with Crippen LogP contribution in [0.3, 0.4) is 0 Å². The van der Waals surface area contributed by atoms with Crippen molar-refractivity contribution in [3.63, 3.8) is 0 Å². The largest absolute Gasteiger partial charge is 0.378 e. The van der Waals surface area contributed by atoms with Gasteiger partial charge in [-0.1, -0.05) is 24.3 Å². The first kappa shape index (κ1) is 17.0. The lowest BCUT2D eigenvalue weighted by Gasteiger charge is -2.19. The summed E-state index contributed by atoms with van der Waals surface area (Å²) in [5.41, 5.74) is 4.40. The van der Waals surface area contributed by atoms with Crippen LogP contribution in [0, 0.1) is 0 Å². The number of amides is 1. The molecule has 1 amide bonds. The van der Waals surface area contributed by atoms with E-state index in [2.05, 4.69) is 60.5 Å². The van der Waals surface area contributed by atoms with Crippen LogP contribution in [0.15, 0.2) is 48.5 Å². The minimum atomic E-state index is -0.0506. The summed E-state index contributed by atoms with van der Waals surface area (Å²) in [4.78, 5) is 15.9. The molecule has 0 aliphatic heterocycles. The van der Waals surface area contributed by atoms with E-state index in [1.807, 2.05) is 24.3 Å². The minimum Gasteiger partial charge on any atom is -0.378 e. The van der Waals surface area contributed by atoms with Crippen LogP contribution in [0.1, 0.15) is 21.5 Å². The van der Waals surface area contributed by atoms with Gasteiger partial charge in [-0.2, -0.15) is 0 Å². The predicted octanol–water partition coefficient (Wildman–Crippen LogP) is 2.74. The zero-order chi connectivity index (χ0) is 16.8. The average molecular weight is 311 g/mol. The molecule has 2 rings (SSSR count). The van der Waals surface area contributed by atoms with Crippen molar-refractivity contribution < 1.29 is 4.79 Å². The van der Waals surface area contributed by atoms with Crippen molar-refractivity contribution in [1.82, 2.24) is 10.2 Å². The third-order valence-electron chi connectivity index (χ3n) is 3.78. The molecule has 4 nitrogen and oxygen atoms in total. The Kier molecular flexibility index (Phi) is 5.77. The molecule has 0 saturated carbocycles. The fourth-order valence-corrected chi connectivity index (χ4v) is 2.52. The first-order chi connectivity index (χ1) is 11.0. The summed E-state index contributed by atoms with van der Waals surface area (Å²) in [5.74, 6) is -0.0506. The van der Waals surface area contributed by atoms with Gasteiger partial charge in [-0.25, -0.2) is 0 Å². The molecule has 0 heterocycles. The van der Waals surface area contributed by atoms with Gasteiger partial charge >= 0.3 is 0 Å². The zero-order valence-electron chi connectivity index (χ0n) is 14.3. The summed E-state index contributed by atoms with van der Waals surface area (Å²) >= 11 is 0. The van der Waals surface area contributed by atoms with Gasteiger partial charge in [0.2, 0.25) is 0 Å². The molecule has 1 N–H and O–H groups in total. The molecule has 0 aromatic heterocycles. The Balaban J connectivity index is 1.98. The van der Waals surface area contributed by atoms with Crippen LogP contribution in [0.5, 0.6) is 0 Å². The molecule has 23 heavy (non-hydrogen) atoms. The monoisotopic (exact) mass is 311 g/mol. The summed E-state index contributed by atoms with van der Waals surface area (Å²) in [6.45, 7) is 1.74. The second-order valence-corrected chi connectivity index (χ2v) is 6.01. The molecule has 0 aliphatic carbocycles. The summed E-state index contributed by atoms with van der Waals surface area (Å²) in [6.07, 6.45) is 0. The number of nitrogens with one attached hydrogen (secondary N) is 1. The van der Waals surface area contributed by atoms with Gasteiger partial charge in [-0.05, 0) is 42.4 Å². The van der Waals surface area contributed by atoms with Gasteiger partial charge in [0.25, 0.3) is 5.91 Å². The third kappa shape index (κ3) is 4.83. The predicted molar refractivity (Wildman–Crippen MR) is 95.8 cm³/mol. The highest BCUT2D eigenvalue weighted by atomic mass is 16.1. The normalized spacial score (nSPS) is 10.7. The molecule has 0 saturated heterocycles. The van der Waals surface area contributed by atoms with Crippen molar-refractivity contribution in [2.24, 2.45) is 0 Å². The summed E-state index contributed by atoms with van der Waals surface area (Å²) in [6, 6.07) is 16.3. The Morgan fingerprint density at radius 1 is 0.957 bits per heavy atom. The SMILES string of the molecule is CNC(=O)c1ccc(CN(C)Cc2cccc(N(C)C)c2)cc1. The van der Waals surface area contributed by atoms with Gasteiger partial charge in [0.1, 0.15) is 0 Å². The number of carbonyl (C=O) groups is 1. The first-order valence-electron chi connectivity index (χ1n) is 7.75. The lowest BCUT2D eigenvalue weighted by atomic mass is 10.1. The van der Waals surface area contributed by atoms with Gasteiger partial charge in [-0.3, -0.25) is 9.69 Å². The minimum absolute atomic E-state index is 0.0506. The fourth-order valence-electron chi connectivity index (χ4n) is 2.52. The molecule has 0 fully saturated rings. The standard InChI is InChI=1S/C19H25N3O/c1-20-19(23)17-10-8-15(9-11-17)13-22(4)14-16-6-5-7-18(12-16)21(2)3/h5-12H,13-14H2,1-4H3,(H,20,23). The van der Waals surface area contributed by atoms with Crippen LogP contribution in [0.2, 0.25) is 0 Å². The van der Waals surface area contributed by atoms with E-state index in [-0.39, 0.29) is 5.91 Å². The fraction of sp³-hybridized carbons (Fsp3) is 0.316. The van der Waals surface area contributed by atoms with E-state index in [9.17, 15) is 4.79 Å². The topological polar surface area (TPSA) is 35.6 Å². The second-order valence-electron chi connectivity index (χ2n) is 6.01. The molecule has 4 heteroatoms. The molecule has 2 aromatic carbocycles. The third-order valence-corrected chi connectivity index (χ3v) is 3.78. The molecular weight excluding hydrogens is 286 g/mol. The van der Waals surface area contributed by atoms with E-state index in [1.165, 1.54) is 16.8 Å². The quantitative estimate of drug-likeness (QED) is 0.891. The van der Waals surface area contributed by atoms with Gasteiger partial charge < -0.3 is 10.2 Å². The van der Waals surface area contributed by atoms with Gasteiger partial charge in [0.15, 0.2) is 0 Å². The molecule has 122 valence electrons. The van der Waals surface area contributed by atoms with Gasteiger partial charge in [-0.15, -0.1) is 0 Å². The lowest BCUT2D eigenvalue weighted by Crippen LogP contribution is -2.19. The Morgan fingerprint density at radius 3 is 2.22 bits per heavy atom.